The van der Waals surface area contributed by atoms with Crippen LogP contribution in [0.15, 0.2) is 0 Å². The largest absolute Gasteiger partial charge is 0.432 e. The monoisotopic (exact) mass is 556 g/mol. The third kappa shape index (κ3) is 7.84. The first kappa shape index (κ1) is 28.7. The molecule has 4 rings (SSSR count). The first-order chi connectivity index (χ1) is 18.7. The smallest absolute Gasteiger partial charge is 0.352 e. The summed E-state index contributed by atoms with van der Waals surface area (Å²) in [5, 5.41) is 5.93. The Kier molecular flexibility index (Phi) is 9.66. The van der Waals surface area contributed by atoms with Crippen LogP contribution in [0.2, 0.25) is 0 Å². The van der Waals surface area contributed by atoms with Crippen LogP contribution in [0, 0.1) is 5.41 Å². The van der Waals surface area contributed by atoms with Crippen molar-refractivity contribution in [3.63, 3.8) is 0 Å². The number of rotatable bonds is 10. The zero-order valence-corrected chi connectivity index (χ0v) is 21.3. The van der Waals surface area contributed by atoms with Crippen molar-refractivity contribution in [1.29, 1.82) is 0 Å². The summed E-state index contributed by atoms with van der Waals surface area (Å²) < 4.78 is 23.2. The molecule has 0 aliphatic carbocycles. The van der Waals surface area contributed by atoms with E-state index in [0.29, 0.717) is 62.2 Å². The molecule has 0 saturated carbocycles. The minimum absolute atomic E-state index is 0.0326. The predicted octanol–water partition coefficient (Wildman–Crippen LogP) is -0.141. The maximum absolute atomic E-state index is 11.7. The molecule has 0 atom stereocenters. The lowest BCUT2D eigenvalue weighted by molar-refractivity contribution is -0.304. The minimum Gasteiger partial charge on any atom is -0.352 e. The van der Waals surface area contributed by atoms with Gasteiger partial charge in [-0.25, -0.2) is 9.59 Å². The third-order valence-corrected chi connectivity index (χ3v) is 6.43. The molecule has 4 saturated heterocycles. The number of amides is 6. The summed E-state index contributed by atoms with van der Waals surface area (Å²) >= 11 is 0. The summed E-state index contributed by atoms with van der Waals surface area (Å²) in [6.45, 7) is 2.00. The average Bonchev–Trinajstić information content (AvgIpc) is 3.41. The number of imide groups is 2. The molecule has 0 bridgehead atoms. The molecule has 16 nitrogen and oxygen atoms in total. The lowest BCUT2D eigenvalue weighted by atomic mass is 9.90. The van der Waals surface area contributed by atoms with Crippen molar-refractivity contribution >= 4 is 35.8 Å². The van der Waals surface area contributed by atoms with Gasteiger partial charge in [-0.2, -0.15) is 0 Å². The molecule has 1 spiro atoms. The third-order valence-electron chi connectivity index (χ3n) is 6.43. The first-order valence-corrected chi connectivity index (χ1v) is 12.8. The van der Waals surface area contributed by atoms with Crippen LogP contribution in [0.3, 0.4) is 0 Å². The Morgan fingerprint density at radius 2 is 1.00 bits per heavy atom. The molecule has 4 heterocycles. The van der Waals surface area contributed by atoms with E-state index in [1.54, 1.807) is 0 Å². The molecule has 39 heavy (non-hydrogen) atoms. The van der Waals surface area contributed by atoms with Gasteiger partial charge in [0.2, 0.25) is 0 Å². The molecule has 0 aromatic carbocycles. The van der Waals surface area contributed by atoms with E-state index >= 15 is 0 Å². The molecule has 0 aromatic rings. The Balaban J connectivity index is 1.02. The first-order valence-electron chi connectivity index (χ1n) is 12.8. The van der Waals surface area contributed by atoms with Gasteiger partial charge in [-0.3, -0.25) is 19.2 Å². The van der Waals surface area contributed by atoms with E-state index in [1.165, 1.54) is 0 Å². The molecule has 0 radical (unpaired) electrons. The van der Waals surface area contributed by atoms with Gasteiger partial charge in [0.25, 0.3) is 23.6 Å². The summed E-state index contributed by atoms with van der Waals surface area (Å²) in [5.41, 5.74) is -0.430. The van der Waals surface area contributed by atoms with E-state index in [1.807, 2.05) is 0 Å². The van der Waals surface area contributed by atoms with Crippen LogP contribution in [0.1, 0.15) is 51.4 Å². The summed E-state index contributed by atoms with van der Waals surface area (Å²) in [5.74, 6) is -2.16. The lowest BCUT2D eigenvalue weighted by Crippen LogP contribution is -2.52. The van der Waals surface area contributed by atoms with Crippen LogP contribution in [0.25, 0.3) is 0 Å². The van der Waals surface area contributed by atoms with E-state index in [4.69, 9.17) is 28.6 Å². The van der Waals surface area contributed by atoms with Gasteiger partial charge in [-0.1, -0.05) is 0 Å². The molecule has 0 aromatic heterocycles. The Morgan fingerprint density at radius 3 is 1.33 bits per heavy atom. The molecule has 4 fully saturated rings. The summed E-state index contributed by atoms with van der Waals surface area (Å²) in [6, 6.07) is 0. The fraction of sp³-hybridized carbons (Fsp3) is 0.739. The Labute approximate surface area is 223 Å². The lowest BCUT2D eigenvalue weighted by Gasteiger charge is -2.43. The fourth-order valence-electron chi connectivity index (χ4n) is 4.22. The second kappa shape index (κ2) is 13.1. The number of carbonyl (C=O) groups is 6. The SMILES string of the molecule is O=C(NCCCC1OCC2(CO1)COC(CCCNC(=O)ON1C(=O)CCC1=O)OC2)ON1C(=O)CCC1=O. The van der Waals surface area contributed by atoms with Gasteiger partial charge in [0.1, 0.15) is 0 Å². The van der Waals surface area contributed by atoms with Crippen molar-refractivity contribution < 1.29 is 57.4 Å². The highest BCUT2D eigenvalue weighted by Gasteiger charge is 2.42. The van der Waals surface area contributed by atoms with Gasteiger partial charge in [0.15, 0.2) is 12.6 Å². The maximum Gasteiger partial charge on any atom is 0.432 e. The van der Waals surface area contributed by atoms with Crippen LogP contribution >= 0.6 is 0 Å². The topological polar surface area (TPSA) is 188 Å². The van der Waals surface area contributed by atoms with Gasteiger partial charge in [-0.05, 0) is 12.8 Å². The maximum atomic E-state index is 11.7. The van der Waals surface area contributed by atoms with Crippen molar-refractivity contribution in [2.24, 2.45) is 5.41 Å². The van der Waals surface area contributed by atoms with Crippen LogP contribution in [0.4, 0.5) is 9.59 Å². The second-order valence-electron chi connectivity index (χ2n) is 9.66. The average molecular weight is 557 g/mol. The summed E-state index contributed by atoms with van der Waals surface area (Å²) in [6.07, 6.45) is -0.456. The van der Waals surface area contributed by atoms with Crippen molar-refractivity contribution in [2.75, 3.05) is 39.5 Å². The molecule has 6 amide bonds. The van der Waals surface area contributed by atoms with E-state index in [-0.39, 0.29) is 38.8 Å². The number of nitrogens with one attached hydrogen (secondary N) is 2. The highest BCUT2D eigenvalue weighted by molar-refractivity contribution is 6.02. The van der Waals surface area contributed by atoms with E-state index < -0.39 is 53.8 Å². The number of hydrogen-bond acceptors (Lipinski definition) is 12. The highest BCUT2D eigenvalue weighted by atomic mass is 16.7. The van der Waals surface area contributed by atoms with Gasteiger partial charge >= 0.3 is 12.2 Å². The molecular weight excluding hydrogens is 524 g/mol. The van der Waals surface area contributed by atoms with Crippen LogP contribution in [-0.2, 0) is 47.8 Å². The Morgan fingerprint density at radius 1 is 0.667 bits per heavy atom. The molecule has 2 N–H and O–H groups in total. The van der Waals surface area contributed by atoms with Gasteiger partial charge in [0.05, 0.1) is 31.8 Å². The fourth-order valence-corrected chi connectivity index (χ4v) is 4.22. The highest BCUT2D eigenvalue weighted by Crippen LogP contribution is 2.31. The molecule has 4 aliphatic heterocycles. The van der Waals surface area contributed by atoms with Crippen molar-refractivity contribution in [2.45, 2.75) is 63.9 Å². The zero-order chi connectivity index (χ0) is 27.8. The number of carbonyl (C=O) groups excluding carboxylic acids is 6. The van der Waals surface area contributed by atoms with E-state index in [2.05, 4.69) is 10.6 Å². The summed E-state index contributed by atoms with van der Waals surface area (Å²) in [7, 11) is 0. The van der Waals surface area contributed by atoms with Gasteiger partial charge < -0.3 is 39.3 Å². The van der Waals surface area contributed by atoms with Crippen LogP contribution in [-0.4, -0.2) is 98.0 Å². The number of hydroxylamine groups is 4. The van der Waals surface area contributed by atoms with Gasteiger partial charge in [-0.15, -0.1) is 10.1 Å². The van der Waals surface area contributed by atoms with Crippen LogP contribution in [0.5, 0.6) is 0 Å². The minimum atomic E-state index is -0.875. The van der Waals surface area contributed by atoms with Crippen LogP contribution < -0.4 is 10.6 Å². The standard InChI is InChI=1S/C23H32N4O12/c28-15-5-6-16(29)26(15)38-21(32)24-9-1-3-19-34-11-23(12-35-19)13-36-20(37-14-23)4-2-10-25-22(33)39-27-17(30)7-8-18(27)31/h19-20H,1-14H2,(H,24,32)(H,25,33). The van der Waals surface area contributed by atoms with Crippen molar-refractivity contribution in [1.82, 2.24) is 20.8 Å². The van der Waals surface area contributed by atoms with E-state index in [0.717, 1.165) is 0 Å². The quantitative estimate of drug-likeness (QED) is 0.268. The van der Waals surface area contributed by atoms with Crippen molar-refractivity contribution in [3.05, 3.63) is 0 Å². The Bertz CT molecular complexity index is 847. The zero-order valence-electron chi connectivity index (χ0n) is 21.3. The second-order valence-corrected chi connectivity index (χ2v) is 9.66. The molecular formula is C23H32N4O12. The predicted molar refractivity (Wildman–Crippen MR) is 123 cm³/mol. The van der Waals surface area contributed by atoms with E-state index in [9.17, 15) is 28.8 Å². The molecule has 0 unspecified atom stereocenters. The number of nitrogens with zero attached hydrogens (tertiary/aromatic N) is 2. The molecule has 16 heteroatoms. The normalized spacial score (nSPS) is 27.3. The Hall–Kier alpha value is -3.34. The molecule has 4 aliphatic rings. The summed E-state index contributed by atoms with van der Waals surface area (Å²) in [4.78, 5) is 78.8. The number of hydrogen-bond donors (Lipinski definition) is 2. The molecule has 216 valence electrons. The van der Waals surface area contributed by atoms with Crippen molar-refractivity contribution in [3.8, 4) is 0 Å². The van der Waals surface area contributed by atoms with Gasteiger partial charge in [0, 0.05) is 51.6 Å². The number of ether oxygens (including phenoxy) is 4.